The lowest BCUT2D eigenvalue weighted by Crippen LogP contribution is -2.06. The summed E-state index contributed by atoms with van der Waals surface area (Å²) in [4.78, 5) is 15.5. The summed E-state index contributed by atoms with van der Waals surface area (Å²) in [5.74, 6) is 0.0186. The first-order valence-corrected chi connectivity index (χ1v) is 4.44. The Hall–Kier alpha value is -2.10. The minimum absolute atomic E-state index is 0.0186. The zero-order valence-corrected chi connectivity index (χ0v) is 8.10. The van der Waals surface area contributed by atoms with E-state index in [4.69, 9.17) is 9.52 Å². The van der Waals surface area contributed by atoms with E-state index < -0.39 is 5.63 Å². The van der Waals surface area contributed by atoms with Crippen molar-refractivity contribution < 1.29 is 9.52 Å². The number of para-hydroxylation sites is 2. The van der Waals surface area contributed by atoms with E-state index in [1.54, 1.807) is 24.3 Å². The molecule has 0 saturated carbocycles. The van der Waals surface area contributed by atoms with Crippen LogP contribution in [0.25, 0.3) is 17.2 Å². The molecule has 0 radical (unpaired) electrons. The van der Waals surface area contributed by atoms with Crippen LogP contribution in [0, 0.1) is 0 Å². The molecule has 0 aliphatic rings. The van der Waals surface area contributed by atoms with Gasteiger partial charge >= 0.3 is 5.63 Å². The fourth-order valence-electron chi connectivity index (χ4n) is 1.25. The highest BCUT2D eigenvalue weighted by Crippen LogP contribution is 2.09. The SMILES string of the molecule is C/C(O)=C/c1nc2ccccc2oc1=O. The lowest BCUT2D eigenvalue weighted by molar-refractivity contribution is 0.419. The third kappa shape index (κ3) is 1.88. The van der Waals surface area contributed by atoms with Crippen LogP contribution in [0.2, 0.25) is 0 Å². The van der Waals surface area contributed by atoms with E-state index in [-0.39, 0.29) is 11.5 Å². The van der Waals surface area contributed by atoms with E-state index in [1.807, 2.05) is 0 Å². The van der Waals surface area contributed by atoms with Crippen molar-refractivity contribution in [2.45, 2.75) is 6.92 Å². The molecule has 0 atom stereocenters. The van der Waals surface area contributed by atoms with Crippen LogP contribution in [0.15, 0.2) is 39.2 Å². The molecule has 0 saturated heterocycles. The van der Waals surface area contributed by atoms with Crippen LogP contribution in [-0.2, 0) is 0 Å². The summed E-state index contributed by atoms with van der Waals surface area (Å²) in [6.07, 6.45) is 1.28. The highest BCUT2D eigenvalue weighted by Gasteiger charge is 2.03. The Balaban J connectivity index is 2.73. The van der Waals surface area contributed by atoms with Crippen molar-refractivity contribution in [3.05, 3.63) is 46.1 Å². The normalized spacial score (nSPS) is 11.9. The molecule has 76 valence electrons. The van der Waals surface area contributed by atoms with Gasteiger partial charge in [-0.25, -0.2) is 9.78 Å². The molecule has 0 aliphatic heterocycles. The number of aliphatic hydroxyl groups excluding tert-OH is 1. The van der Waals surface area contributed by atoms with Crippen molar-refractivity contribution in [1.29, 1.82) is 0 Å². The molecule has 0 amide bonds. The van der Waals surface area contributed by atoms with Gasteiger partial charge in [-0.3, -0.25) is 0 Å². The predicted octanol–water partition coefficient (Wildman–Crippen LogP) is 2.11. The molecule has 1 aromatic heterocycles. The number of aliphatic hydroxyl groups is 1. The van der Waals surface area contributed by atoms with Gasteiger partial charge in [0.1, 0.15) is 5.52 Å². The quantitative estimate of drug-likeness (QED) is 0.721. The number of fused-ring (bicyclic) bond motifs is 1. The maximum absolute atomic E-state index is 11.4. The number of allylic oxidation sites excluding steroid dienone is 1. The molecule has 15 heavy (non-hydrogen) atoms. The molecule has 4 nitrogen and oxygen atoms in total. The minimum Gasteiger partial charge on any atom is -0.513 e. The van der Waals surface area contributed by atoms with Crippen molar-refractivity contribution in [1.82, 2.24) is 4.98 Å². The van der Waals surface area contributed by atoms with Gasteiger partial charge in [-0.2, -0.15) is 0 Å². The van der Waals surface area contributed by atoms with Crippen LogP contribution in [0.5, 0.6) is 0 Å². The molecular weight excluding hydrogens is 194 g/mol. The topological polar surface area (TPSA) is 63.3 Å². The molecule has 2 aromatic rings. The molecule has 1 aromatic carbocycles. The van der Waals surface area contributed by atoms with E-state index >= 15 is 0 Å². The molecule has 0 unspecified atom stereocenters. The van der Waals surface area contributed by atoms with Crippen LogP contribution in [-0.4, -0.2) is 10.1 Å². The fraction of sp³-hybridized carbons (Fsp3) is 0.0909. The molecule has 0 bridgehead atoms. The lowest BCUT2D eigenvalue weighted by atomic mass is 10.3. The second-order valence-electron chi connectivity index (χ2n) is 3.14. The van der Waals surface area contributed by atoms with Crippen molar-refractivity contribution in [3.63, 3.8) is 0 Å². The van der Waals surface area contributed by atoms with Gasteiger partial charge in [0.2, 0.25) is 0 Å². The summed E-state index contributed by atoms with van der Waals surface area (Å²) in [7, 11) is 0. The Morgan fingerprint density at radius 2 is 2.20 bits per heavy atom. The number of hydrogen-bond acceptors (Lipinski definition) is 4. The average Bonchev–Trinajstić information content (AvgIpc) is 2.18. The second kappa shape index (κ2) is 3.57. The smallest absolute Gasteiger partial charge is 0.362 e. The first-order chi connectivity index (χ1) is 7.16. The number of nitrogens with zero attached hydrogens (tertiary/aromatic N) is 1. The van der Waals surface area contributed by atoms with E-state index in [0.717, 1.165) is 0 Å². The van der Waals surface area contributed by atoms with Gasteiger partial charge in [-0.05, 0) is 19.1 Å². The molecule has 2 rings (SSSR count). The van der Waals surface area contributed by atoms with Crippen LogP contribution >= 0.6 is 0 Å². The number of aromatic nitrogens is 1. The predicted molar refractivity (Wildman–Crippen MR) is 56.6 cm³/mol. The second-order valence-corrected chi connectivity index (χ2v) is 3.14. The molecular formula is C11H9NO3. The molecule has 4 heteroatoms. The van der Waals surface area contributed by atoms with Crippen LogP contribution in [0.4, 0.5) is 0 Å². The van der Waals surface area contributed by atoms with E-state index in [0.29, 0.717) is 11.1 Å². The number of rotatable bonds is 1. The Morgan fingerprint density at radius 1 is 1.47 bits per heavy atom. The summed E-state index contributed by atoms with van der Waals surface area (Å²) >= 11 is 0. The van der Waals surface area contributed by atoms with Gasteiger partial charge in [0.25, 0.3) is 0 Å². The Bertz CT molecular complexity index is 580. The molecule has 0 spiro atoms. The van der Waals surface area contributed by atoms with E-state index in [1.165, 1.54) is 13.0 Å². The van der Waals surface area contributed by atoms with Crippen molar-refractivity contribution in [2.75, 3.05) is 0 Å². The standard InChI is InChI=1S/C11H9NO3/c1-7(13)6-9-11(14)15-10-5-3-2-4-8(10)12-9/h2-6,13H,1H3/b7-6-. The lowest BCUT2D eigenvalue weighted by Gasteiger charge is -1.96. The summed E-state index contributed by atoms with van der Waals surface area (Å²) in [6.45, 7) is 1.47. The first-order valence-electron chi connectivity index (χ1n) is 4.44. The van der Waals surface area contributed by atoms with Gasteiger partial charge < -0.3 is 9.52 Å². The minimum atomic E-state index is -0.554. The molecule has 1 N–H and O–H groups in total. The van der Waals surface area contributed by atoms with Gasteiger partial charge in [-0.1, -0.05) is 12.1 Å². The zero-order chi connectivity index (χ0) is 10.8. The molecule has 0 aliphatic carbocycles. The first kappa shape index (κ1) is 9.45. The number of hydrogen-bond donors (Lipinski definition) is 1. The number of benzene rings is 1. The third-order valence-corrected chi connectivity index (χ3v) is 1.86. The highest BCUT2D eigenvalue weighted by atomic mass is 16.4. The van der Waals surface area contributed by atoms with Gasteiger partial charge in [0.15, 0.2) is 11.3 Å². The van der Waals surface area contributed by atoms with Crippen LogP contribution < -0.4 is 5.63 Å². The highest BCUT2D eigenvalue weighted by molar-refractivity contribution is 5.72. The third-order valence-electron chi connectivity index (χ3n) is 1.86. The fourth-order valence-corrected chi connectivity index (χ4v) is 1.25. The van der Waals surface area contributed by atoms with Gasteiger partial charge in [0.05, 0.1) is 5.76 Å². The average molecular weight is 203 g/mol. The zero-order valence-electron chi connectivity index (χ0n) is 8.10. The maximum atomic E-state index is 11.4. The Kier molecular flexibility index (Phi) is 2.25. The van der Waals surface area contributed by atoms with E-state index in [9.17, 15) is 4.79 Å². The largest absolute Gasteiger partial charge is 0.513 e. The summed E-state index contributed by atoms with van der Waals surface area (Å²) < 4.78 is 5.02. The van der Waals surface area contributed by atoms with Crippen LogP contribution in [0.1, 0.15) is 12.6 Å². The van der Waals surface area contributed by atoms with E-state index in [2.05, 4.69) is 4.98 Å². The summed E-state index contributed by atoms with van der Waals surface area (Å²) in [5.41, 5.74) is 0.579. The summed E-state index contributed by atoms with van der Waals surface area (Å²) in [5, 5.41) is 9.04. The monoisotopic (exact) mass is 203 g/mol. The summed E-state index contributed by atoms with van der Waals surface area (Å²) in [6, 6.07) is 6.97. The Morgan fingerprint density at radius 3 is 2.93 bits per heavy atom. The van der Waals surface area contributed by atoms with Crippen LogP contribution in [0.3, 0.4) is 0 Å². The molecule has 0 fully saturated rings. The molecule has 1 heterocycles. The van der Waals surface area contributed by atoms with Crippen molar-refractivity contribution >= 4 is 17.2 Å². The van der Waals surface area contributed by atoms with Crippen molar-refractivity contribution in [3.8, 4) is 0 Å². The van der Waals surface area contributed by atoms with Crippen molar-refractivity contribution in [2.24, 2.45) is 0 Å². The van der Waals surface area contributed by atoms with Gasteiger partial charge in [-0.15, -0.1) is 0 Å². The van der Waals surface area contributed by atoms with Gasteiger partial charge in [0, 0.05) is 6.08 Å². The maximum Gasteiger partial charge on any atom is 0.362 e. The Labute approximate surface area is 85.5 Å².